The van der Waals surface area contributed by atoms with Crippen LogP contribution in [0.4, 0.5) is 0 Å². The molecule has 0 aliphatic carbocycles. The second-order valence-corrected chi connectivity index (χ2v) is 5.35. The average molecular weight is 325 g/mol. The molecule has 0 bridgehead atoms. The Hall–Kier alpha value is -3.22. The quantitative estimate of drug-likeness (QED) is 0.769. The summed E-state index contributed by atoms with van der Waals surface area (Å²) < 4.78 is 16.2. The molecule has 2 N–H and O–H groups in total. The SMILES string of the molecule is COc1ccc(OC)c([C@@H]2NC(=O)c3n[nH]c(-c4ccco4)c32)c1. The lowest BCUT2D eigenvalue weighted by atomic mass is 9.97. The van der Waals surface area contributed by atoms with Crippen LogP contribution < -0.4 is 14.8 Å². The zero-order valence-electron chi connectivity index (χ0n) is 13.1. The van der Waals surface area contributed by atoms with Gasteiger partial charge in [0.2, 0.25) is 0 Å². The first kappa shape index (κ1) is 14.4. The fourth-order valence-electron chi connectivity index (χ4n) is 2.98. The monoisotopic (exact) mass is 325 g/mol. The van der Waals surface area contributed by atoms with Gasteiger partial charge in [-0.3, -0.25) is 9.89 Å². The molecule has 0 saturated heterocycles. The predicted octanol–water partition coefficient (Wildman–Crippen LogP) is 2.52. The standard InChI is InChI=1S/C17H15N3O4/c1-22-9-5-6-11(23-2)10(8-9)14-13-15(12-4-3-7-24-12)19-20-16(13)17(21)18-14/h3-8,14H,1-2H3,(H,18,21)(H,19,20)/t14-/m0/s1. The van der Waals surface area contributed by atoms with Crippen molar-refractivity contribution in [1.82, 2.24) is 15.5 Å². The molecular weight excluding hydrogens is 310 g/mol. The van der Waals surface area contributed by atoms with Crippen LogP contribution in [0.5, 0.6) is 11.5 Å². The molecule has 0 saturated carbocycles. The molecular formula is C17H15N3O4. The Morgan fingerprint density at radius 3 is 2.79 bits per heavy atom. The number of aromatic nitrogens is 2. The highest BCUT2D eigenvalue weighted by Crippen LogP contribution is 2.41. The molecule has 24 heavy (non-hydrogen) atoms. The Morgan fingerprint density at radius 2 is 2.08 bits per heavy atom. The minimum Gasteiger partial charge on any atom is -0.497 e. The van der Waals surface area contributed by atoms with E-state index in [1.807, 2.05) is 24.3 Å². The van der Waals surface area contributed by atoms with Crippen LogP contribution in [0.15, 0.2) is 41.0 Å². The van der Waals surface area contributed by atoms with Crippen LogP contribution in [0.1, 0.15) is 27.7 Å². The molecule has 7 nitrogen and oxygen atoms in total. The van der Waals surface area contributed by atoms with Gasteiger partial charge in [0.15, 0.2) is 11.5 Å². The Labute approximate surface area is 137 Å². The van der Waals surface area contributed by atoms with Crippen molar-refractivity contribution in [3.63, 3.8) is 0 Å². The van der Waals surface area contributed by atoms with Gasteiger partial charge in [-0.25, -0.2) is 0 Å². The van der Waals surface area contributed by atoms with Gasteiger partial charge in [0, 0.05) is 11.1 Å². The van der Waals surface area contributed by atoms with Crippen LogP contribution in [-0.2, 0) is 0 Å². The summed E-state index contributed by atoms with van der Waals surface area (Å²) in [6, 6.07) is 8.66. The summed E-state index contributed by atoms with van der Waals surface area (Å²) in [7, 11) is 3.18. The second kappa shape index (κ2) is 5.45. The number of H-pyrrole nitrogens is 1. The van der Waals surface area contributed by atoms with Crippen LogP contribution in [-0.4, -0.2) is 30.3 Å². The molecule has 0 unspecified atom stereocenters. The Balaban J connectivity index is 1.89. The van der Waals surface area contributed by atoms with Gasteiger partial charge in [0.1, 0.15) is 17.2 Å². The van der Waals surface area contributed by atoms with Crippen LogP contribution in [0.3, 0.4) is 0 Å². The maximum absolute atomic E-state index is 12.3. The molecule has 1 atom stereocenters. The summed E-state index contributed by atoms with van der Waals surface area (Å²) in [5.74, 6) is 1.71. The molecule has 0 radical (unpaired) electrons. The third-order valence-corrected chi connectivity index (χ3v) is 4.10. The Kier molecular flexibility index (Phi) is 3.26. The molecule has 4 rings (SSSR count). The first-order valence-electron chi connectivity index (χ1n) is 7.38. The van der Waals surface area contributed by atoms with Gasteiger partial charge < -0.3 is 19.2 Å². The summed E-state index contributed by atoms with van der Waals surface area (Å²) in [5, 5.41) is 9.98. The topological polar surface area (TPSA) is 89.4 Å². The van der Waals surface area contributed by atoms with Crippen LogP contribution in [0.25, 0.3) is 11.5 Å². The van der Waals surface area contributed by atoms with Gasteiger partial charge in [-0.1, -0.05) is 0 Å². The van der Waals surface area contributed by atoms with Crippen LogP contribution in [0, 0.1) is 0 Å². The largest absolute Gasteiger partial charge is 0.497 e. The third-order valence-electron chi connectivity index (χ3n) is 4.10. The fourth-order valence-corrected chi connectivity index (χ4v) is 2.98. The molecule has 1 aliphatic heterocycles. The van der Waals surface area contributed by atoms with E-state index in [-0.39, 0.29) is 5.91 Å². The smallest absolute Gasteiger partial charge is 0.272 e. The number of furan rings is 1. The number of carbonyl (C=O) groups excluding carboxylic acids is 1. The number of hydrogen-bond donors (Lipinski definition) is 2. The lowest BCUT2D eigenvalue weighted by molar-refractivity contribution is 0.0955. The number of methoxy groups -OCH3 is 2. The van der Waals surface area contributed by atoms with Gasteiger partial charge in [-0.2, -0.15) is 5.10 Å². The molecule has 7 heteroatoms. The van der Waals surface area contributed by atoms with Gasteiger partial charge >= 0.3 is 0 Å². The minimum atomic E-state index is -0.406. The number of fused-ring (bicyclic) bond motifs is 1. The second-order valence-electron chi connectivity index (χ2n) is 5.35. The molecule has 3 heterocycles. The van der Waals surface area contributed by atoms with Crippen molar-refractivity contribution in [3.8, 4) is 23.0 Å². The summed E-state index contributed by atoms with van der Waals surface area (Å²) in [6.07, 6.45) is 1.58. The van der Waals surface area contributed by atoms with E-state index in [0.717, 1.165) is 11.1 Å². The lowest BCUT2D eigenvalue weighted by Gasteiger charge is -2.17. The molecule has 0 fully saturated rings. The fraction of sp³-hybridized carbons (Fsp3) is 0.176. The number of nitrogens with zero attached hydrogens (tertiary/aromatic N) is 1. The normalized spacial score (nSPS) is 15.9. The first-order valence-corrected chi connectivity index (χ1v) is 7.38. The molecule has 3 aromatic rings. The highest BCUT2D eigenvalue weighted by molar-refractivity contribution is 6.00. The molecule has 1 aromatic carbocycles. The highest BCUT2D eigenvalue weighted by Gasteiger charge is 2.37. The number of rotatable bonds is 4. The summed E-state index contributed by atoms with van der Waals surface area (Å²) in [4.78, 5) is 12.3. The number of carbonyl (C=O) groups is 1. The summed E-state index contributed by atoms with van der Waals surface area (Å²) in [5.41, 5.74) is 2.55. The van der Waals surface area contributed by atoms with Crippen molar-refractivity contribution in [2.75, 3.05) is 14.2 Å². The molecule has 122 valence electrons. The molecule has 2 aromatic heterocycles. The van der Waals surface area contributed by atoms with E-state index in [4.69, 9.17) is 13.9 Å². The van der Waals surface area contributed by atoms with Gasteiger partial charge in [-0.05, 0) is 30.3 Å². The lowest BCUT2D eigenvalue weighted by Crippen LogP contribution is -2.21. The number of benzene rings is 1. The van der Waals surface area contributed by atoms with E-state index < -0.39 is 6.04 Å². The van der Waals surface area contributed by atoms with Crippen molar-refractivity contribution in [2.24, 2.45) is 0 Å². The number of aromatic amines is 1. The van der Waals surface area contributed by atoms with Gasteiger partial charge in [0.25, 0.3) is 5.91 Å². The molecule has 0 spiro atoms. The highest BCUT2D eigenvalue weighted by atomic mass is 16.5. The number of hydrogen-bond acceptors (Lipinski definition) is 5. The number of nitrogens with one attached hydrogen (secondary N) is 2. The van der Waals surface area contributed by atoms with Crippen molar-refractivity contribution in [2.45, 2.75) is 6.04 Å². The maximum Gasteiger partial charge on any atom is 0.272 e. The van der Waals surface area contributed by atoms with E-state index in [0.29, 0.717) is 28.6 Å². The van der Waals surface area contributed by atoms with E-state index in [2.05, 4.69) is 15.5 Å². The summed E-state index contributed by atoms with van der Waals surface area (Å²) >= 11 is 0. The van der Waals surface area contributed by atoms with Crippen molar-refractivity contribution in [3.05, 3.63) is 53.4 Å². The number of ether oxygens (including phenoxy) is 2. The first-order chi connectivity index (χ1) is 11.7. The van der Waals surface area contributed by atoms with Crippen LogP contribution >= 0.6 is 0 Å². The molecule has 1 aliphatic rings. The Bertz CT molecular complexity index is 899. The third kappa shape index (κ3) is 2.05. The van der Waals surface area contributed by atoms with Crippen molar-refractivity contribution < 1.29 is 18.7 Å². The minimum absolute atomic E-state index is 0.242. The summed E-state index contributed by atoms with van der Waals surface area (Å²) in [6.45, 7) is 0. The van der Waals surface area contributed by atoms with E-state index in [1.54, 1.807) is 26.5 Å². The molecule has 1 amide bonds. The van der Waals surface area contributed by atoms with Gasteiger partial charge in [-0.15, -0.1) is 0 Å². The van der Waals surface area contributed by atoms with Crippen molar-refractivity contribution >= 4 is 5.91 Å². The van der Waals surface area contributed by atoms with E-state index in [1.165, 1.54) is 0 Å². The number of amides is 1. The zero-order valence-corrected chi connectivity index (χ0v) is 13.1. The van der Waals surface area contributed by atoms with Crippen molar-refractivity contribution in [1.29, 1.82) is 0 Å². The predicted molar refractivity (Wildman–Crippen MR) is 85.1 cm³/mol. The average Bonchev–Trinajstić information content (AvgIpc) is 3.32. The van der Waals surface area contributed by atoms with Crippen LogP contribution in [0.2, 0.25) is 0 Å². The zero-order chi connectivity index (χ0) is 16.7. The Morgan fingerprint density at radius 1 is 1.21 bits per heavy atom. The van der Waals surface area contributed by atoms with Gasteiger partial charge in [0.05, 0.1) is 26.5 Å². The van der Waals surface area contributed by atoms with E-state index in [9.17, 15) is 4.79 Å². The van der Waals surface area contributed by atoms with E-state index >= 15 is 0 Å². The maximum atomic E-state index is 12.3.